The number of aliphatic carboxylic acids is 1. The Balaban J connectivity index is 2.30. The highest BCUT2D eigenvalue weighted by Crippen LogP contribution is 2.19. The molecule has 224 valence electrons. The monoisotopic (exact) mass is 591 g/mol. The van der Waals surface area contributed by atoms with E-state index in [1.807, 2.05) is 24.3 Å². The first kappa shape index (κ1) is 33.1. The standard InChI is InChI=1S/C26H37N7O7S/c1-41-11-10-19(26(39)40)32-24(37)18(7-9-22(29)35)31-25(38)20(33-23(36)16(27)6-8-21(28)34)12-14-13-30-17-5-3-2-4-15(14)17/h2-5,13,16,18-20,30H,6-12,27H2,1H3,(H2,28,34)(H2,29,35)(H,31,38)(H,32,37)(H,33,36)(H,39,40). The van der Waals surface area contributed by atoms with E-state index in [0.29, 0.717) is 11.3 Å². The molecular formula is C26H37N7O7S. The molecule has 0 radical (unpaired) electrons. The van der Waals surface area contributed by atoms with Crippen molar-refractivity contribution in [1.29, 1.82) is 0 Å². The fourth-order valence-electron chi connectivity index (χ4n) is 4.03. The highest BCUT2D eigenvalue weighted by atomic mass is 32.2. The minimum atomic E-state index is -1.32. The largest absolute Gasteiger partial charge is 0.480 e. The van der Waals surface area contributed by atoms with Crippen LogP contribution in [0.4, 0.5) is 0 Å². The Bertz CT molecular complexity index is 1250. The zero-order chi connectivity index (χ0) is 30.5. The lowest BCUT2D eigenvalue weighted by Gasteiger charge is -2.25. The molecule has 0 saturated carbocycles. The molecular weight excluding hydrogens is 554 g/mol. The molecule has 1 aromatic heterocycles. The van der Waals surface area contributed by atoms with Gasteiger partial charge in [-0.3, -0.25) is 24.0 Å². The van der Waals surface area contributed by atoms with E-state index in [9.17, 15) is 33.9 Å². The van der Waals surface area contributed by atoms with Gasteiger partial charge in [0, 0.05) is 36.4 Å². The second-order valence-corrected chi connectivity index (χ2v) is 10.5. The summed E-state index contributed by atoms with van der Waals surface area (Å²) < 4.78 is 0. The molecule has 0 saturated heterocycles. The third-order valence-corrected chi connectivity index (χ3v) is 6.95. The number of nitrogens with one attached hydrogen (secondary N) is 4. The number of carboxylic acid groups (broad SMARTS) is 1. The minimum absolute atomic E-state index is 0.000239. The van der Waals surface area contributed by atoms with Crippen LogP contribution < -0.4 is 33.2 Å². The van der Waals surface area contributed by atoms with Crippen molar-refractivity contribution in [2.75, 3.05) is 12.0 Å². The number of primary amides is 2. The number of fused-ring (bicyclic) bond motifs is 1. The van der Waals surface area contributed by atoms with E-state index >= 15 is 0 Å². The van der Waals surface area contributed by atoms with Crippen LogP contribution in [0, 0.1) is 0 Å². The maximum atomic E-state index is 13.5. The highest BCUT2D eigenvalue weighted by Gasteiger charge is 2.31. The second-order valence-electron chi connectivity index (χ2n) is 9.48. The van der Waals surface area contributed by atoms with Gasteiger partial charge in [0.25, 0.3) is 0 Å². The Morgan fingerprint density at radius 1 is 0.854 bits per heavy atom. The van der Waals surface area contributed by atoms with Crippen molar-refractivity contribution in [3.8, 4) is 0 Å². The van der Waals surface area contributed by atoms with Gasteiger partial charge < -0.3 is 43.2 Å². The number of H-pyrrole nitrogens is 1. The number of carbonyl (C=O) groups excluding carboxylic acids is 5. The molecule has 1 aromatic carbocycles. The van der Waals surface area contributed by atoms with Crippen molar-refractivity contribution < 1.29 is 33.9 Å². The van der Waals surface area contributed by atoms with Crippen molar-refractivity contribution in [3.63, 3.8) is 0 Å². The van der Waals surface area contributed by atoms with Crippen LogP contribution in [0.1, 0.15) is 37.7 Å². The number of amides is 5. The Kier molecular flexibility index (Phi) is 13.1. The number of carboxylic acids is 1. The van der Waals surface area contributed by atoms with Crippen molar-refractivity contribution in [1.82, 2.24) is 20.9 Å². The van der Waals surface area contributed by atoms with E-state index in [-0.39, 0.29) is 38.5 Å². The predicted octanol–water partition coefficient (Wildman–Crippen LogP) is -1.14. The number of carbonyl (C=O) groups is 6. The molecule has 2 rings (SSSR count). The van der Waals surface area contributed by atoms with E-state index in [0.717, 1.165) is 10.9 Å². The van der Waals surface area contributed by atoms with Gasteiger partial charge in [-0.25, -0.2) is 4.79 Å². The van der Waals surface area contributed by atoms with Crippen molar-refractivity contribution >= 4 is 58.2 Å². The average Bonchev–Trinajstić information content (AvgIpc) is 3.33. The van der Waals surface area contributed by atoms with E-state index in [4.69, 9.17) is 17.2 Å². The van der Waals surface area contributed by atoms with Crippen LogP contribution in [0.2, 0.25) is 0 Å². The summed E-state index contributed by atoms with van der Waals surface area (Å²) in [7, 11) is 0. The van der Waals surface area contributed by atoms with E-state index in [1.165, 1.54) is 11.8 Å². The molecule has 1 heterocycles. The van der Waals surface area contributed by atoms with Crippen LogP contribution in [0.3, 0.4) is 0 Å². The van der Waals surface area contributed by atoms with E-state index < -0.39 is 59.7 Å². The minimum Gasteiger partial charge on any atom is -0.480 e. The van der Waals surface area contributed by atoms with Crippen molar-refractivity contribution in [2.24, 2.45) is 17.2 Å². The Morgan fingerprint density at radius 2 is 1.44 bits per heavy atom. The molecule has 41 heavy (non-hydrogen) atoms. The Labute approximate surface area is 240 Å². The lowest BCUT2D eigenvalue weighted by molar-refractivity contribution is -0.142. The van der Waals surface area contributed by atoms with Crippen molar-refractivity contribution in [2.45, 2.75) is 62.7 Å². The molecule has 4 unspecified atom stereocenters. The summed E-state index contributed by atoms with van der Waals surface area (Å²) >= 11 is 1.40. The molecule has 0 aliphatic carbocycles. The summed E-state index contributed by atoms with van der Waals surface area (Å²) in [4.78, 5) is 76.7. The van der Waals surface area contributed by atoms with Gasteiger partial charge in [0.05, 0.1) is 6.04 Å². The van der Waals surface area contributed by atoms with Gasteiger partial charge in [0.15, 0.2) is 0 Å². The molecule has 0 spiro atoms. The molecule has 2 aromatic rings. The number of aromatic nitrogens is 1. The van der Waals surface area contributed by atoms with Gasteiger partial charge in [0.2, 0.25) is 29.5 Å². The van der Waals surface area contributed by atoms with Gasteiger partial charge >= 0.3 is 5.97 Å². The van der Waals surface area contributed by atoms with E-state index in [1.54, 1.807) is 12.5 Å². The number of aromatic amines is 1. The average molecular weight is 592 g/mol. The Morgan fingerprint density at radius 3 is 2.07 bits per heavy atom. The normalized spacial score (nSPS) is 13.9. The number of rotatable bonds is 18. The number of hydrogen-bond acceptors (Lipinski definition) is 8. The summed E-state index contributed by atoms with van der Waals surface area (Å²) in [5, 5.41) is 17.8. The van der Waals surface area contributed by atoms with Crippen LogP contribution in [0.15, 0.2) is 30.5 Å². The van der Waals surface area contributed by atoms with Crippen molar-refractivity contribution in [3.05, 3.63) is 36.0 Å². The number of para-hydroxylation sites is 1. The fraction of sp³-hybridized carbons (Fsp3) is 0.462. The molecule has 0 aliphatic rings. The van der Waals surface area contributed by atoms with E-state index in [2.05, 4.69) is 20.9 Å². The van der Waals surface area contributed by atoms with Gasteiger partial charge in [-0.2, -0.15) is 11.8 Å². The van der Waals surface area contributed by atoms with Gasteiger partial charge in [-0.15, -0.1) is 0 Å². The zero-order valence-electron chi connectivity index (χ0n) is 22.7. The van der Waals surface area contributed by atoms with Gasteiger partial charge in [-0.05, 0) is 42.9 Å². The third kappa shape index (κ3) is 10.8. The topological polar surface area (TPSA) is 253 Å². The van der Waals surface area contributed by atoms with Crippen LogP contribution >= 0.6 is 11.8 Å². The van der Waals surface area contributed by atoms with Gasteiger partial charge in [0.1, 0.15) is 18.1 Å². The fourth-order valence-corrected chi connectivity index (χ4v) is 4.50. The second kappa shape index (κ2) is 16.2. The van der Waals surface area contributed by atoms with Crippen LogP contribution in [0.25, 0.3) is 10.9 Å². The van der Waals surface area contributed by atoms with Crippen LogP contribution in [-0.4, -0.2) is 81.8 Å². The van der Waals surface area contributed by atoms with Gasteiger partial charge in [-0.1, -0.05) is 18.2 Å². The van der Waals surface area contributed by atoms with Crippen LogP contribution in [0.5, 0.6) is 0 Å². The maximum absolute atomic E-state index is 13.5. The summed E-state index contributed by atoms with van der Waals surface area (Å²) in [6, 6.07) is 2.42. The zero-order valence-corrected chi connectivity index (χ0v) is 23.5. The third-order valence-electron chi connectivity index (χ3n) is 6.31. The quantitative estimate of drug-likeness (QED) is 0.104. The summed E-state index contributed by atoms with van der Waals surface area (Å²) in [6.45, 7) is 0. The number of thioether (sulfide) groups is 1. The molecule has 14 nitrogen and oxygen atoms in total. The summed E-state index contributed by atoms with van der Waals surface area (Å²) in [6.07, 6.45) is 2.97. The molecule has 0 aliphatic heterocycles. The lowest BCUT2D eigenvalue weighted by Crippen LogP contribution is -2.57. The Hall–Kier alpha value is -4.11. The first-order chi connectivity index (χ1) is 19.4. The van der Waals surface area contributed by atoms with Crippen LogP contribution in [-0.2, 0) is 35.2 Å². The molecule has 0 bridgehead atoms. The molecule has 4 atom stereocenters. The highest BCUT2D eigenvalue weighted by molar-refractivity contribution is 7.98. The smallest absolute Gasteiger partial charge is 0.326 e. The summed E-state index contributed by atoms with van der Waals surface area (Å²) in [5.74, 6) is -4.45. The molecule has 11 N–H and O–H groups in total. The number of nitrogens with two attached hydrogens (primary N) is 3. The number of hydrogen-bond donors (Lipinski definition) is 8. The summed E-state index contributed by atoms with van der Waals surface area (Å²) in [5.41, 5.74) is 17.8. The maximum Gasteiger partial charge on any atom is 0.326 e. The molecule has 5 amide bonds. The molecule has 15 heteroatoms. The predicted molar refractivity (Wildman–Crippen MR) is 153 cm³/mol. The first-order valence-electron chi connectivity index (χ1n) is 12.9. The molecule has 0 fully saturated rings. The number of benzene rings is 1. The lowest BCUT2D eigenvalue weighted by atomic mass is 10.0. The SMILES string of the molecule is CSCCC(NC(=O)C(CCC(N)=O)NC(=O)C(Cc1c[nH]c2ccccc12)NC(=O)C(N)CCC(N)=O)C(=O)O. The first-order valence-corrected chi connectivity index (χ1v) is 14.3.